The predicted octanol–water partition coefficient (Wildman–Crippen LogP) is 0.438. The van der Waals surface area contributed by atoms with Crippen LogP contribution in [0.5, 0.6) is 0 Å². The number of hydrogen-bond acceptors (Lipinski definition) is 3. The molecule has 0 aromatic carbocycles. The molecule has 3 nitrogen and oxygen atoms in total. The van der Waals surface area contributed by atoms with Crippen molar-refractivity contribution in [2.24, 2.45) is 5.92 Å². The van der Waals surface area contributed by atoms with Crippen LogP contribution in [0.15, 0.2) is 11.9 Å². The first-order valence-electron chi connectivity index (χ1n) is 3.17. The van der Waals surface area contributed by atoms with Crippen molar-refractivity contribution in [3.8, 4) is 0 Å². The maximum absolute atomic E-state index is 2.94. The van der Waals surface area contributed by atoms with Gasteiger partial charge >= 0.3 is 0 Å². The molecule has 0 unspecified atom stereocenters. The molecule has 1 rings (SSSR count). The van der Waals surface area contributed by atoms with Gasteiger partial charge in [-0.05, 0) is 5.92 Å². The van der Waals surface area contributed by atoms with Gasteiger partial charge in [-0.2, -0.15) is 0 Å². The van der Waals surface area contributed by atoms with E-state index in [0.717, 1.165) is 0 Å². The molecule has 3 heteroatoms. The molecule has 0 fully saturated rings. The normalized spacial score (nSPS) is 18.2. The lowest BCUT2D eigenvalue weighted by atomic mass is 10.1. The van der Waals surface area contributed by atoms with Crippen LogP contribution < -0.4 is 11.0 Å². The van der Waals surface area contributed by atoms with Crippen LogP contribution in [0, 0.1) is 5.92 Å². The summed E-state index contributed by atoms with van der Waals surface area (Å²) in [7, 11) is 1.99. The Morgan fingerprint density at radius 1 is 1.56 bits per heavy atom. The molecule has 0 radical (unpaired) electrons. The number of hydrogen-bond donors (Lipinski definition) is 2. The van der Waals surface area contributed by atoms with Crippen molar-refractivity contribution >= 4 is 0 Å². The van der Waals surface area contributed by atoms with E-state index in [2.05, 4.69) is 24.8 Å². The molecular formula is C6H13N3. The summed E-state index contributed by atoms with van der Waals surface area (Å²) in [4.78, 5) is 0. The Kier molecular flexibility index (Phi) is 1.62. The van der Waals surface area contributed by atoms with Crippen LogP contribution in [-0.2, 0) is 0 Å². The molecule has 0 aliphatic carbocycles. The van der Waals surface area contributed by atoms with Crippen LogP contribution in [0.4, 0.5) is 0 Å². The third kappa shape index (κ3) is 1.16. The van der Waals surface area contributed by atoms with Gasteiger partial charge in [0, 0.05) is 13.2 Å². The molecule has 0 aromatic rings. The van der Waals surface area contributed by atoms with Gasteiger partial charge < -0.3 is 5.43 Å². The molecule has 0 saturated heterocycles. The topological polar surface area (TPSA) is 27.3 Å². The maximum atomic E-state index is 2.94. The first kappa shape index (κ1) is 6.42. The van der Waals surface area contributed by atoms with Gasteiger partial charge in [0.1, 0.15) is 0 Å². The Balaban J connectivity index is 2.57. The molecule has 1 aliphatic heterocycles. The van der Waals surface area contributed by atoms with Gasteiger partial charge in [-0.15, -0.1) is 5.53 Å². The van der Waals surface area contributed by atoms with Crippen molar-refractivity contribution in [1.29, 1.82) is 0 Å². The van der Waals surface area contributed by atoms with Crippen molar-refractivity contribution in [2.75, 3.05) is 7.05 Å². The number of allylic oxidation sites excluding steroid dienone is 1. The first-order chi connectivity index (χ1) is 4.22. The summed E-state index contributed by atoms with van der Waals surface area (Å²) in [5, 5.41) is 1.98. The van der Waals surface area contributed by atoms with Crippen LogP contribution in [0.1, 0.15) is 13.8 Å². The third-order valence-electron chi connectivity index (χ3n) is 1.43. The van der Waals surface area contributed by atoms with Gasteiger partial charge in [-0.3, -0.25) is 5.01 Å². The lowest BCUT2D eigenvalue weighted by molar-refractivity contribution is 0.284. The highest BCUT2D eigenvalue weighted by molar-refractivity contribution is 5.03. The van der Waals surface area contributed by atoms with Crippen molar-refractivity contribution < 1.29 is 0 Å². The zero-order valence-corrected chi connectivity index (χ0v) is 6.10. The van der Waals surface area contributed by atoms with Gasteiger partial charge in [0.15, 0.2) is 0 Å². The Labute approximate surface area is 55.7 Å². The van der Waals surface area contributed by atoms with Crippen molar-refractivity contribution in [3.63, 3.8) is 0 Å². The average molecular weight is 127 g/mol. The second-order valence-corrected chi connectivity index (χ2v) is 2.54. The van der Waals surface area contributed by atoms with E-state index in [1.807, 2.05) is 18.3 Å². The Morgan fingerprint density at radius 2 is 2.22 bits per heavy atom. The highest BCUT2D eigenvalue weighted by Crippen LogP contribution is 2.12. The minimum atomic E-state index is 0.581. The highest BCUT2D eigenvalue weighted by atomic mass is 15.7. The van der Waals surface area contributed by atoms with Crippen LogP contribution in [0.2, 0.25) is 0 Å². The third-order valence-corrected chi connectivity index (χ3v) is 1.43. The van der Waals surface area contributed by atoms with Crippen molar-refractivity contribution in [1.82, 2.24) is 16.0 Å². The first-order valence-corrected chi connectivity index (χ1v) is 3.17. The molecule has 0 atom stereocenters. The molecule has 1 aliphatic rings. The van der Waals surface area contributed by atoms with E-state index in [1.165, 1.54) is 5.70 Å². The molecule has 0 spiro atoms. The smallest absolute Gasteiger partial charge is 0.0505 e. The van der Waals surface area contributed by atoms with Crippen LogP contribution in [-0.4, -0.2) is 12.1 Å². The Morgan fingerprint density at radius 3 is 2.44 bits per heavy atom. The van der Waals surface area contributed by atoms with E-state index in [1.54, 1.807) is 0 Å². The standard InChI is InChI=1S/C6H13N3/c1-5(2)6-4-7-8-9(6)3/h4-5,7-8H,1-3H3. The van der Waals surface area contributed by atoms with Crippen molar-refractivity contribution in [3.05, 3.63) is 11.9 Å². The second kappa shape index (κ2) is 2.27. The van der Waals surface area contributed by atoms with Gasteiger partial charge in [-0.25, -0.2) is 0 Å². The molecule has 0 aromatic heterocycles. The summed E-state index contributed by atoms with van der Waals surface area (Å²) < 4.78 is 0. The van der Waals surface area contributed by atoms with Gasteiger partial charge in [0.05, 0.1) is 5.70 Å². The predicted molar refractivity (Wildman–Crippen MR) is 37.0 cm³/mol. The summed E-state index contributed by atoms with van der Waals surface area (Å²) in [6.07, 6.45) is 1.98. The van der Waals surface area contributed by atoms with Gasteiger partial charge in [0.25, 0.3) is 0 Å². The molecule has 0 bridgehead atoms. The average Bonchev–Trinajstić information content (AvgIpc) is 2.13. The summed E-state index contributed by atoms with van der Waals surface area (Å²) in [5.41, 5.74) is 7.15. The second-order valence-electron chi connectivity index (χ2n) is 2.54. The number of nitrogens with one attached hydrogen (secondary N) is 2. The van der Waals surface area contributed by atoms with Crippen LogP contribution in [0.3, 0.4) is 0 Å². The summed E-state index contributed by atoms with van der Waals surface area (Å²) in [6.45, 7) is 4.33. The molecule has 2 N–H and O–H groups in total. The fourth-order valence-electron chi connectivity index (χ4n) is 0.918. The van der Waals surface area contributed by atoms with E-state index in [4.69, 9.17) is 0 Å². The van der Waals surface area contributed by atoms with Gasteiger partial charge in [0.2, 0.25) is 0 Å². The van der Waals surface area contributed by atoms with E-state index in [-0.39, 0.29) is 0 Å². The molecule has 0 amide bonds. The number of nitrogens with zero attached hydrogens (tertiary/aromatic N) is 1. The Bertz CT molecular complexity index is 128. The summed E-state index contributed by atoms with van der Waals surface area (Å²) in [5.74, 6) is 0.581. The minimum Gasteiger partial charge on any atom is -0.309 e. The fraction of sp³-hybridized carbons (Fsp3) is 0.667. The largest absolute Gasteiger partial charge is 0.309 e. The molecule has 0 saturated carbocycles. The van der Waals surface area contributed by atoms with Crippen LogP contribution in [0.25, 0.3) is 0 Å². The fourth-order valence-corrected chi connectivity index (χ4v) is 0.918. The lowest BCUT2D eigenvalue weighted by Gasteiger charge is -2.16. The van der Waals surface area contributed by atoms with Crippen molar-refractivity contribution in [2.45, 2.75) is 13.8 Å². The van der Waals surface area contributed by atoms with E-state index >= 15 is 0 Å². The SMILES string of the molecule is CC(C)C1=CNNN1C. The summed E-state index contributed by atoms with van der Waals surface area (Å²) >= 11 is 0. The highest BCUT2D eigenvalue weighted by Gasteiger charge is 2.11. The Hall–Kier alpha value is -0.700. The number of rotatable bonds is 1. The summed E-state index contributed by atoms with van der Waals surface area (Å²) in [6, 6.07) is 0. The quantitative estimate of drug-likeness (QED) is 0.535. The molecular weight excluding hydrogens is 114 g/mol. The van der Waals surface area contributed by atoms with Gasteiger partial charge in [-0.1, -0.05) is 13.8 Å². The maximum Gasteiger partial charge on any atom is 0.0505 e. The molecule has 1 heterocycles. The number of hydrazine groups is 2. The van der Waals surface area contributed by atoms with Crippen LogP contribution >= 0.6 is 0 Å². The zero-order valence-electron chi connectivity index (χ0n) is 6.10. The zero-order chi connectivity index (χ0) is 6.85. The monoisotopic (exact) mass is 127 g/mol. The van der Waals surface area contributed by atoms with E-state index < -0.39 is 0 Å². The van der Waals surface area contributed by atoms with E-state index in [0.29, 0.717) is 5.92 Å². The molecule has 9 heavy (non-hydrogen) atoms. The molecule has 52 valence electrons. The minimum absolute atomic E-state index is 0.581. The van der Waals surface area contributed by atoms with E-state index in [9.17, 15) is 0 Å². The lowest BCUT2D eigenvalue weighted by Crippen LogP contribution is -2.34.